The molecule has 0 spiro atoms. The van der Waals surface area contributed by atoms with Crippen LogP contribution in [0, 0.1) is 0 Å². The van der Waals surface area contributed by atoms with Gasteiger partial charge in [-0.2, -0.15) is 0 Å². The number of aromatic carboxylic acids is 1. The van der Waals surface area contributed by atoms with Gasteiger partial charge in [-0.1, -0.05) is 6.92 Å². The molecular weight excluding hydrogens is 542 g/mol. The molecule has 0 aliphatic rings. The van der Waals surface area contributed by atoms with Crippen LogP contribution in [-0.2, 0) is 0 Å². The van der Waals surface area contributed by atoms with Crippen molar-refractivity contribution in [1.82, 2.24) is 5.32 Å². The van der Waals surface area contributed by atoms with Gasteiger partial charge in [0.2, 0.25) is 0 Å². The van der Waals surface area contributed by atoms with E-state index >= 15 is 0 Å². The fraction of sp³-hybridized carbons (Fsp3) is 0.333. The Balaban J connectivity index is 3.47. The molecule has 0 aromatic heterocycles. The highest BCUT2D eigenvalue weighted by atomic mass is 79.9. The van der Waals surface area contributed by atoms with Crippen molar-refractivity contribution < 1.29 is 19.8 Å². The van der Waals surface area contributed by atoms with Gasteiger partial charge in [0.05, 0.1) is 23.8 Å². The number of halogens is 4. The van der Waals surface area contributed by atoms with Crippen molar-refractivity contribution in [1.29, 1.82) is 0 Å². The maximum Gasteiger partial charge on any atom is 0.337 e. The molecule has 1 aromatic carbocycles. The normalized spacial score (nSPS) is 12.1. The zero-order valence-corrected chi connectivity index (χ0v) is 17.1. The summed E-state index contributed by atoms with van der Waals surface area (Å²) >= 11 is 13.0. The molecule has 1 rings (SSSR count). The molecule has 1 amide bonds. The molecule has 0 unspecified atom stereocenters. The summed E-state index contributed by atoms with van der Waals surface area (Å²) in [6.07, 6.45) is 0.529. The number of carbonyl (C=O) groups is 2. The molecule has 0 radical (unpaired) electrons. The standard InChI is InChI=1S/C12H11Br4NO4/c1-2-4(3-18)17-11(19)5-6(12(20)21)8(14)10(16)9(15)7(5)13/h4,18H,2-3H2,1H3,(H,17,19)(H,20,21)/t4-/m0/s1. The average molecular weight is 553 g/mol. The number of hydrogen-bond donors (Lipinski definition) is 3. The molecule has 1 aromatic rings. The molecule has 21 heavy (non-hydrogen) atoms. The quantitative estimate of drug-likeness (QED) is 0.382. The Morgan fingerprint density at radius 1 is 1.05 bits per heavy atom. The summed E-state index contributed by atoms with van der Waals surface area (Å²) in [5, 5.41) is 21.1. The predicted octanol–water partition coefficient (Wildman–Crippen LogP) is 3.94. The van der Waals surface area contributed by atoms with Crippen LogP contribution in [0.1, 0.15) is 34.1 Å². The molecular formula is C12H11Br4NO4. The molecule has 0 fully saturated rings. The number of carboxylic acid groups (broad SMARTS) is 1. The van der Waals surface area contributed by atoms with Crippen molar-refractivity contribution >= 4 is 75.6 Å². The summed E-state index contributed by atoms with van der Waals surface area (Å²) in [4.78, 5) is 23.8. The van der Waals surface area contributed by atoms with Crippen LogP contribution in [0.4, 0.5) is 0 Å². The van der Waals surface area contributed by atoms with Crippen molar-refractivity contribution in [2.75, 3.05) is 6.61 Å². The first kappa shape index (κ1) is 19.1. The number of amides is 1. The minimum absolute atomic E-state index is 0.0173. The molecule has 0 aliphatic carbocycles. The zero-order valence-electron chi connectivity index (χ0n) is 10.7. The fourth-order valence-electron chi connectivity index (χ4n) is 1.58. The maximum atomic E-state index is 12.4. The van der Waals surface area contributed by atoms with E-state index < -0.39 is 17.9 Å². The summed E-state index contributed by atoms with van der Waals surface area (Å²) in [5.74, 6) is -1.81. The highest BCUT2D eigenvalue weighted by molar-refractivity contribution is 9.15. The van der Waals surface area contributed by atoms with Crippen LogP contribution >= 0.6 is 63.7 Å². The van der Waals surface area contributed by atoms with Gasteiger partial charge in [0.15, 0.2) is 0 Å². The van der Waals surface area contributed by atoms with Crippen molar-refractivity contribution in [2.24, 2.45) is 0 Å². The molecule has 116 valence electrons. The molecule has 0 saturated carbocycles. The first-order valence-electron chi connectivity index (χ1n) is 5.77. The number of aliphatic hydroxyl groups excluding tert-OH is 1. The predicted molar refractivity (Wildman–Crippen MR) is 92.8 cm³/mol. The fourth-order valence-corrected chi connectivity index (χ4v) is 4.05. The molecule has 0 aliphatic heterocycles. The topological polar surface area (TPSA) is 86.6 Å². The number of aliphatic hydroxyl groups is 1. The van der Waals surface area contributed by atoms with E-state index in [0.29, 0.717) is 19.8 Å². The van der Waals surface area contributed by atoms with E-state index in [4.69, 9.17) is 5.11 Å². The molecule has 0 saturated heterocycles. The first-order valence-corrected chi connectivity index (χ1v) is 8.94. The SMILES string of the molecule is CC[C@@H](CO)NC(=O)c1c(Br)c(Br)c(Br)c(Br)c1C(=O)O. The monoisotopic (exact) mass is 549 g/mol. The van der Waals surface area contributed by atoms with Crippen molar-refractivity contribution in [3.05, 3.63) is 29.0 Å². The lowest BCUT2D eigenvalue weighted by molar-refractivity contribution is 0.0688. The van der Waals surface area contributed by atoms with Crippen LogP contribution in [-0.4, -0.2) is 34.7 Å². The van der Waals surface area contributed by atoms with E-state index in [2.05, 4.69) is 69.0 Å². The molecule has 0 bridgehead atoms. The lowest BCUT2D eigenvalue weighted by Gasteiger charge is -2.18. The smallest absolute Gasteiger partial charge is 0.337 e. The highest BCUT2D eigenvalue weighted by Gasteiger charge is 2.28. The Labute approximate surface area is 155 Å². The summed E-state index contributed by atoms with van der Waals surface area (Å²) in [7, 11) is 0. The highest BCUT2D eigenvalue weighted by Crippen LogP contribution is 2.42. The van der Waals surface area contributed by atoms with Crippen LogP contribution < -0.4 is 5.32 Å². The Kier molecular flexibility index (Phi) is 7.32. The maximum absolute atomic E-state index is 12.4. The minimum atomic E-state index is -1.24. The van der Waals surface area contributed by atoms with E-state index in [9.17, 15) is 14.7 Å². The second-order valence-electron chi connectivity index (χ2n) is 4.07. The van der Waals surface area contributed by atoms with Crippen molar-refractivity contribution in [3.8, 4) is 0 Å². The third-order valence-corrected chi connectivity index (χ3v) is 7.52. The number of rotatable bonds is 5. The Hall–Kier alpha value is 0.0400. The number of nitrogens with one attached hydrogen (secondary N) is 1. The van der Waals surface area contributed by atoms with Gasteiger partial charge in [0.1, 0.15) is 0 Å². The van der Waals surface area contributed by atoms with Crippen LogP contribution in [0.15, 0.2) is 17.9 Å². The molecule has 3 N–H and O–H groups in total. The Morgan fingerprint density at radius 3 is 1.90 bits per heavy atom. The Bertz CT molecular complexity index is 587. The summed E-state index contributed by atoms with van der Waals surface area (Å²) < 4.78 is 1.58. The van der Waals surface area contributed by atoms with Gasteiger partial charge < -0.3 is 15.5 Å². The van der Waals surface area contributed by atoms with E-state index in [-0.39, 0.29) is 22.2 Å². The van der Waals surface area contributed by atoms with Crippen molar-refractivity contribution in [3.63, 3.8) is 0 Å². The van der Waals surface area contributed by atoms with Crippen LogP contribution in [0.5, 0.6) is 0 Å². The average Bonchev–Trinajstić information content (AvgIpc) is 2.45. The van der Waals surface area contributed by atoms with Crippen LogP contribution in [0.2, 0.25) is 0 Å². The zero-order chi connectivity index (χ0) is 16.3. The molecule has 0 heterocycles. The second kappa shape index (κ2) is 8.05. The first-order chi connectivity index (χ1) is 9.76. The van der Waals surface area contributed by atoms with Crippen LogP contribution in [0.25, 0.3) is 0 Å². The van der Waals surface area contributed by atoms with Gasteiger partial charge >= 0.3 is 5.97 Å². The van der Waals surface area contributed by atoms with Gasteiger partial charge in [0, 0.05) is 17.9 Å². The summed E-state index contributed by atoms with van der Waals surface area (Å²) in [5.41, 5.74) is -0.182. The number of benzene rings is 1. The third-order valence-electron chi connectivity index (χ3n) is 2.76. The van der Waals surface area contributed by atoms with E-state index in [1.54, 1.807) is 0 Å². The van der Waals surface area contributed by atoms with Crippen molar-refractivity contribution in [2.45, 2.75) is 19.4 Å². The van der Waals surface area contributed by atoms with Gasteiger partial charge in [-0.25, -0.2) is 4.79 Å². The van der Waals surface area contributed by atoms with E-state index in [1.165, 1.54) is 0 Å². The minimum Gasteiger partial charge on any atom is -0.478 e. The molecule has 9 heteroatoms. The third kappa shape index (κ3) is 4.07. The summed E-state index contributed by atoms with van der Waals surface area (Å²) in [6, 6.07) is -0.438. The Morgan fingerprint density at radius 2 is 1.52 bits per heavy atom. The number of carbonyl (C=O) groups excluding carboxylic acids is 1. The number of hydrogen-bond acceptors (Lipinski definition) is 3. The van der Waals surface area contributed by atoms with Gasteiger partial charge in [-0.15, -0.1) is 0 Å². The molecule has 1 atom stereocenters. The summed E-state index contributed by atoms with van der Waals surface area (Å²) in [6.45, 7) is 1.59. The largest absolute Gasteiger partial charge is 0.478 e. The lowest BCUT2D eigenvalue weighted by Crippen LogP contribution is -2.38. The van der Waals surface area contributed by atoms with E-state index in [1.807, 2.05) is 6.92 Å². The molecule has 5 nitrogen and oxygen atoms in total. The second-order valence-corrected chi connectivity index (χ2v) is 7.24. The van der Waals surface area contributed by atoms with Gasteiger partial charge in [-0.3, -0.25) is 4.79 Å². The van der Waals surface area contributed by atoms with Crippen LogP contribution in [0.3, 0.4) is 0 Å². The van der Waals surface area contributed by atoms with Gasteiger partial charge in [0.25, 0.3) is 5.91 Å². The van der Waals surface area contributed by atoms with E-state index in [0.717, 1.165) is 0 Å². The lowest BCUT2D eigenvalue weighted by atomic mass is 10.1. The number of carboxylic acids is 1. The van der Waals surface area contributed by atoms with Gasteiger partial charge in [-0.05, 0) is 70.1 Å².